The smallest absolute Gasteiger partial charge is 0.228 e. The van der Waals surface area contributed by atoms with E-state index in [1.54, 1.807) is 11.8 Å². The lowest BCUT2D eigenvalue weighted by Crippen LogP contribution is -2.16. The maximum absolute atomic E-state index is 13.1. The molecule has 0 radical (unpaired) electrons. The molecule has 0 bridgehead atoms. The molecule has 4 aromatic rings. The number of rotatable bonds is 7. The summed E-state index contributed by atoms with van der Waals surface area (Å²) in [5, 5.41) is 17.7. The third-order valence-corrected chi connectivity index (χ3v) is 6.69. The van der Waals surface area contributed by atoms with Gasteiger partial charge in [0.25, 0.3) is 0 Å². The van der Waals surface area contributed by atoms with Crippen molar-refractivity contribution in [3.8, 4) is 22.5 Å². The predicted octanol–water partition coefficient (Wildman–Crippen LogP) is 6.73. The lowest BCUT2D eigenvalue weighted by molar-refractivity contribution is -0.115. The van der Waals surface area contributed by atoms with Crippen LogP contribution in [0.25, 0.3) is 22.5 Å². The number of benzene rings is 3. The Morgan fingerprint density at radius 2 is 1.71 bits per heavy atom. The van der Waals surface area contributed by atoms with Crippen molar-refractivity contribution in [1.82, 2.24) is 20.6 Å². The summed E-state index contributed by atoms with van der Waals surface area (Å²) in [6.07, 6.45) is 0.321. The maximum Gasteiger partial charge on any atom is 0.228 e. The molecule has 35 heavy (non-hydrogen) atoms. The van der Waals surface area contributed by atoms with Crippen LogP contribution in [0, 0.1) is 0 Å². The Hall–Kier alpha value is -3.45. The molecule has 4 rings (SSSR count). The fourth-order valence-corrected chi connectivity index (χ4v) is 4.84. The van der Waals surface area contributed by atoms with E-state index in [1.807, 2.05) is 42.5 Å². The molecule has 0 aliphatic carbocycles. The van der Waals surface area contributed by atoms with Crippen LogP contribution in [0.2, 0.25) is 0 Å². The Bertz CT molecular complexity index is 1290. The number of aromatic amines is 1. The topological polar surface area (TPSA) is 83.6 Å². The summed E-state index contributed by atoms with van der Waals surface area (Å²) in [5.74, 6) is 0.957. The van der Waals surface area contributed by atoms with Gasteiger partial charge in [-0.15, -0.1) is 22.0 Å². The van der Waals surface area contributed by atoms with Crippen LogP contribution in [-0.2, 0) is 11.2 Å². The van der Waals surface area contributed by atoms with E-state index >= 15 is 0 Å². The quantitative estimate of drug-likeness (QED) is 0.284. The Morgan fingerprint density at radius 1 is 1.00 bits per heavy atom. The minimum Gasteiger partial charge on any atom is -0.325 e. The summed E-state index contributed by atoms with van der Waals surface area (Å²) >= 11 is 1.73. The van der Waals surface area contributed by atoms with Gasteiger partial charge in [0, 0.05) is 15.2 Å². The molecular weight excluding hydrogens is 454 g/mol. The van der Waals surface area contributed by atoms with Crippen molar-refractivity contribution >= 4 is 23.4 Å². The number of amides is 1. The third kappa shape index (κ3) is 6.36. The molecule has 1 amide bonds. The maximum atomic E-state index is 13.1. The normalized spacial score (nSPS) is 11.6. The average molecular weight is 486 g/mol. The van der Waals surface area contributed by atoms with Crippen LogP contribution in [-0.4, -0.2) is 31.3 Å². The molecule has 0 aliphatic rings. The zero-order valence-electron chi connectivity index (χ0n) is 20.8. The minimum absolute atomic E-state index is 0.00376. The lowest BCUT2D eigenvalue weighted by atomic mass is 9.98. The van der Waals surface area contributed by atoms with Gasteiger partial charge in [-0.25, -0.2) is 0 Å². The highest BCUT2D eigenvalue weighted by atomic mass is 32.2. The molecule has 1 aromatic heterocycles. The largest absolute Gasteiger partial charge is 0.325 e. The van der Waals surface area contributed by atoms with Gasteiger partial charge in [-0.2, -0.15) is 5.21 Å². The molecule has 180 valence electrons. The molecule has 0 fully saturated rings. The summed E-state index contributed by atoms with van der Waals surface area (Å²) in [7, 11) is 0. The molecule has 6 nitrogen and oxygen atoms in total. The van der Waals surface area contributed by atoms with Crippen LogP contribution in [0.5, 0.6) is 0 Å². The van der Waals surface area contributed by atoms with Gasteiger partial charge in [-0.3, -0.25) is 4.79 Å². The highest BCUT2D eigenvalue weighted by Crippen LogP contribution is 2.40. The Balaban J connectivity index is 1.65. The fourth-order valence-electron chi connectivity index (χ4n) is 3.82. The summed E-state index contributed by atoms with van der Waals surface area (Å²) in [4.78, 5) is 14.1. The number of hydrogen-bond donors (Lipinski definition) is 2. The van der Waals surface area contributed by atoms with Gasteiger partial charge in [-0.1, -0.05) is 89.2 Å². The molecule has 7 heteroatoms. The molecule has 1 heterocycles. The lowest BCUT2D eigenvalue weighted by Gasteiger charge is -2.21. The summed E-state index contributed by atoms with van der Waals surface area (Å²) < 4.78 is -0.00376. The second-order valence-corrected chi connectivity index (χ2v) is 11.7. The molecule has 0 atom stereocenters. The number of anilines is 1. The van der Waals surface area contributed by atoms with Crippen molar-refractivity contribution in [3.05, 3.63) is 77.9 Å². The van der Waals surface area contributed by atoms with E-state index in [1.165, 1.54) is 5.56 Å². The number of carbonyl (C=O) groups excluding carboxylic acids is 1. The number of carbonyl (C=O) groups is 1. The van der Waals surface area contributed by atoms with Crippen LogP contribution in [0.3, 0.4) is 0 Å². The van der Waals surface area contributed by atoms with Crippen molar-refractivity contribution in [1.29, 1.82) is 0 Å². The fraction of sp³-hybridized carbons (Fsp3) is 0.286. The van der Waals surface area contributed by atoms with E-state index in [0.29, 0.717) is 18.2 Å². The molecule has 0 saturated carbocycles. The first-order valence-electron chi connectivity index (χ1n) is 11.7. The second kappa shape index (κ2) is 10.4. The van der Waals surface area contributed by atoms with Gasteiger partial charge < -0.3 is 5.32 Å². The van der Waals surface area contributed by atoms with Crippen LogP contribution in [0.1, 0.15) is 51.7 Å². The number of H-pyrrole nitrogens is 1. The molecule has 2 N–H and O–H groups in total. The number of nitrogens with one attached hydrogen (secondary N) is 2. The van der Waals surface area contributed by atoms with E-state index in [9.17, 15) is 4.79 Å². The average Bonchev–Trinajstić information content (AvgIpc) is 3.34. The standard InChI is InChI=1S/C28H31N5OS/c1-18(2)20-12-10-19(11-13-20)16-26(34)29-24-17-21(14-15-25(24)35-28(3,4)5)22-8-6-7-9-23(22)27-30-32-33-31-27/h6-15,17-18H,16H2,1-5H3,(H,29,34)(H,30,31,32,33). The highest BCUT2D eigenvalue weighted by Gasteiger charge is 2.18. The van der Waals surface area contributed by atoms with Crippen LogP contribution < -0.4 is 5.32 Å². The SMILES string of the molecule is CC(C)c1ccc(CC(=O)Nc2cc(-c3ccccc3-c3nn[nH]n3)ccc2SC(C)(C)C)cc1. The molecule has 0 aliphatic heterocycles. The van der Waals surface area contributed by atoms with Crippen molar-refractivity contribution in [2.45, 2.75) is 56.6 Å². The van der Waals surface area contributed by atoms with Gasteiger partial charge in [0.05, 0.1) is 12.1 Å². The first kappa shape index (κ1) is 24.7. The summed E-state index contributed by atoms with van der Waals surface area (Å²) in [6, 6.07) is 22.4. The monoisotopic (exact) mass is 485 g/mol. The van der Waals surface area contributed by atoms with Gasteiger partial charge >= 0.3 is 0 Å². The molecule has 3 aromatic carbocycles. The first-order chi connectivity index (χ1) is 16.7. The zero-order chi connectivity index (χ0) is 25.0. The first-order valence-corrected chi connectivity index (χ1v) is 12.6. The second-order valence-electron chi connectivity index (χ2n) is 9.83. The van der Waals surface area contributed by atoms with E-state index in [4.69, 9.17) is 0 Å². The third-order valence-electron chi connectivity index (χ3n) is 5.51. The van der Waals surface area contributed by atoms with Crippen LogP contribution in [0.4, 0.5) is 5.69 Å². The predicted molar refractivity (Wildman–Crippen MR) is 144 cm³/mol. The molecule has 0 unspecified atom stereocenters. The minimum atomic E-state index is -0.0401. The van der Waals surface area contributed by atoms with E-state index < -0.39 is 0 Å². The van der Waals surface area contributed by atoms with Crippen molar-refractivity contribution in [2.24, 2.45) is 0 Å². The van der Waals surface area contributed by atoms with Crippen LogP contribution >= 0.6 is 11.8 Å². The van der Waals surface area contributed by atoms with Gasteiger partial charge in [-0.05, 0) is 45.5 Å². The molecule has 0 saturated heterocycles. The van der Waals surface area contributed by atoms with Gasteiger partial charge in [0.15, 0.2) is 0 Å². The highest BCUT2D eigenvalue weighted by molar-refractivity contribution is 8.00. The van der Waals surface area contributed by atoms with E-state index in [2.05, 4.69) is 84.8 Å². The van der Waals surface area contributed by atoms with E-state index in [-0.39, 0.29) is 10.7 Å². The molecule has 0 spiro atoms. The van der Waals surface area contributed by atoms with Crippen molar-refractivity contribution < 1.29 is 4.79 Å². The number of thioether (sulfide) groups is 1. The van der Waals surface area contributed by atoms with Crippen molar-refractivity contribution in [3.63, 3.8) is 0 Å². The Labute approximate surface area is 210 Å². The van der Waals surface area contributed by atoms with Gasteiger partial charge in [0.2, 0.25) is 11.7 Å². The summed E-state index contributed by atoms with van der Waals surface area (Å²) in [5.41, 5.74) is 5.89. The Morgan fingerprint density at radius 3 is 2.34 bits per heavy atom. The number of tetrazole rings is 1. The van der Waals surface area contributed by atoms with Crippen molar-refractivity contribution in [2.75, 3.05) is 5.32 Å². The van der Waals surface area contributed by atoms with E-state index in [0.717, 1.165) is 32.8 Å². The number of nitrogens with zero attached hydrogens (tertiary/aromatic N) is 3. The number of hydrogen-bond acceptors (Lipinski definition) is 5. The molecular formula is C28H31N5OS. The van der Waals surface area contributed by atoms with Gasteiger partial charge in [0.1, 0.15) is 0 Å². The summed E-state index contributed by atoms with van der Waals surface area (Å²) in [6.45, 7) is 10.8. The Kier molecular flexibility index (Phi) is 7.36. The zero-order valence-corrected chi connectivity index (χ0v) is 21.6. The van der Waals surface area contributed by atoms with Crippen LogP contribution in [0.15, 0.2) is 71.6 Å². The number of aromatic nitrogens is 4.